The third-order valence-corrected chi connectivity index (χ3v) is 3.54. The van der Waals surface area contributed by atoms with Crippen LogP contribution in [0.3, 0.4) is 0 Å². The normalized spacial score (nSPS) is 10.1. The summed E-state index contributed by atoms with van der Waals surface area (Å²) >= 11 is 0. The molecule has 0 saturated carbocycles. The number of aryl methyl sites for hydroxylation is 2. The first-order valence-corrected chi connectivity index (χ1v) is 7.18. The molecule has 6 nitrogen and oxygen atoms in total. The average Bonchev–Trinajstić information content (AvgIpc) is 2.82. The number of amides is 1. The van der Waals surface area contributed by atoms with Gasteiger partial charge in [0, 0.05) is 24.1 Å². The zero-order chi connectivity index (χ0) is 17.0. The molecule has 0 aliphatic rings. The van der Waals surface area contributed by atoms with Crippen LogP contribution in [0.2, 0.25) is 0 Å². The Morgan fingerprint density at radius 3 is 2.74 bits per heavy atom. The number of nitriles is 1. The first-order valence-electron chi connectivity index (χ1n) is 7.18. The van der Waals surface area contributed by atoms with Crippen molar-refractivity contribution in [3.05, 3.63) is 52.8 Å². The molecule has 0 unspecified atom stereocenters. The highest BCUT2D eigenvalue weighted by molar-refractivity contribution is 5.96. The predicted octanol–water partition coefficient (Wildman–Crippen LogP) is 2.57. The van der Waals surface area contributed by atoms with Crippen molar-refractivity contribution in [2.75, 3.05) is 5.32 Å². The van der Waals surface area contributed by atoms with E-state index in [2.05, 4.69) is 5.32 Å². The molecule has 2 N–H and O–H groups in total. The van der Waals surface area contributed by atoms with E-state index >= 15 is 0 Å². The second-order valence-electron chi connectivity index (χ2n) is 5.14. The molecular weight excluding hydrogens is 294 g/mol. The Labute approximate surface area is 134 Å². The lowest BCUT2D eigenvalue weighted by atomic mass is 10.1. The number of aromatic carboxylic acids is 1. The molecule has 0 radical (unpaired) electrons. The molecule has 1 aromatic heterocycles. The summed E-state index contributed by atoms with van der Waals surface area (Å²) in [7, 11) is 0. The van der Waals surface area contributed by atoms with Crippen LogP contribution in [0.1, 0.15) is 34.1 Å². The minimum Gasteiger partial charge on any atom is -0.478 e. The van der Waals surface area contributed by atoms with Gasteiger partial charge in [-0.05, 0) is 37.6 Å². The summed E-state index contributed by atoms with van der Waals surface area (Å²) in [5.74, 6) is -1.36. The van der Waals surface area contributed by atoms with Crippen LogP contribution in [0.15, 0.2) is 30.5 Å². The van der Waals surface area contributed by atoms with Crippen molar-refractivity contribution in [1.29, 1.82) is 5.26 Å². The summed E-state index contributed by atoms with van der Waals surface area (Å²) < 4.78 is 1.77. The van der Waals surface area contributed by atoms with Crippen LogP contribution in [0.25, 0.3) is 0 Å². The van der Waals surface area contributed by atoms with Crippen molar-refractivity contribution in [1.82, 2.24) is 4.57 Å². The molecule has 23 heavy (non-hydrogen) atoms. The Kier molecular flexibility index (Phi) is 4.82. The largest absolute Gasteiger partial charge is 0.478 e. The summed E-state index contributed by atoms with van der Waals surface area (Å²) in [5.41, 5.74) is 2.24. The third-order valence-electron chi connectivity index (χ3n) is 3.54. The van der Waals surface area contributed by atoms with Crippen molar-refractivity contribution in [2.24, 2.45) is 0 Å². The predicted molar refractivity (Wildman–Crippen MR) is 85.3 cm³/mol. The smallest absolute Gasteiger partial charge is 0.337 e. The monoisotopic (exact) mass is 311 g/mol. The molecule has 1 aromatic carbocycles. The molecule has 0 spiro atoms. The molecule has 2 rings (SSSR count). The number of carbonyl (C=O) groups excluding carboxylic acids is 1. The fraction of sp³-hybridized carbons (Fsp3) is 0.235. The van der Waals surface area contributed by atoms with E-state index in [9.17, 15) is 14.7 Å². The second kappa shape index (κ2) is 6.79. The van der Waals surface area contributed by atoms with Gasteiger partial charge in [0.2, 0.25) is 5.91 Å². The molecule has 0 fully saturated rings. The molecule has 0 atom stereocenters. The van der Waals surface area contributed by atoms with Gasteiger partial charge >= 0.3 is 5.97 Å². The molecular formula is C17H17N3O3. The van der Waals surface area contributed by atoms with E-state index in [-0.39, 0.29) is 17.9 Å². The quantitative estimate of drug-likeness (QED) is 0.887. The molecule has 1 amide bonds. The molecule has 2 aromatic rings. The van der Waals surface area contributed by atoms with Gasteiger partial charge in [0.15, 0.2) is 0 Å². The molecule has 118 valence electrons. The lowest BCUT2D eigenvalue weighted by molar-refractivity contribution is -0.115. The lowest BCUT2D eigenvalue weighted by Crippen LogP contribution is -2.18. The van der Waals surface area contributed by atoms with Crippen LogP contribution < -0.4 is 5.32 Å². The first-order chi connectivity index (χ1) is 11.0. The van der Waals surface area contributed by atoms with E-state index in [4.69, 9.17) is 5.26 Å². The van der Waals surface area contributed by atoms with E-state index < -0.39 is 5.97 Å². The second-order valence-corrected chi connectivity index (χ2v) is 5.14. The number of carboxylic acid groups (broad SMARTS) is 1. The number of aromatic nitrogens is 1. The van der Waals surface area contributed by atoms with E-state index in [0.29, 0.717) is 29.1 Å². The van der Waals surface area contributed by atoms with Gasteiger partial charge in [-0.15, -0.1) is 0 Å². The van der Waals surface area contributed by atoms with Crippen molar-refractivity contribution < 1.29 is 14.7 Å². The van der Waals surface area contributed by atoms with Crippen LogP contribution in [0, 0.1) is 18.3 Å². The van der Waals surface area contributed by atoms with Crippen LogP contribution in [0.5, 0.6) is 0 Å². The van der Waals surface area contributed by atoms with Gasteiger partial charge in [-0.3, -0.25) is 4.79 Å². The molecule has 0 aliphatic heterocycles. The average molecular weight is 311 g/mol. The van der Waals surface area contributed by atoms with Crippen molar-refractivity contribution in [3.8, 4) is 6.07 Å². The van der Waals surface area contributed by atoms with Gasteiger partial charge in [0.25, 0.3) is 0 Å². The van der Waals surface area contributed by atoms with Gasteiger partial charge in [-0.25, -0.2) is 4.79 Å². The van der Waals surface area contributed by atoms with Crippen LogP contribution >= 0.6 is 0 Å². The minimum atomic E-state index is -1.04. The van der Waals surface area contributed by atoms with Gasteiger partial charge in [0.05, 0.1) is 23.6 Å². The van der Waals surface area contributed by atoms with E-state index in [1.807, 2.05) is 13.0 Å². The lowest BCUT2D eigenvalue weighted by Gasteiger charge is -2.09. The highest BCUT2D eigenvalue weighted by Gasteiger charge is 2.20. The highest BCUT2D eigenvalue weighted by atomic mass is 16.4. The summed E-state index contributed by atoms with van der Waals surface area (Å²) in [6, 6.07) is 8.57. The van der Waals surface area contributed by atoms with Gasteiger partial charge in [-0.1, -0.05) is 6.07 Å². The summed E-state index contributed by atoms with van der Waals surface area (Å²) in [4.78, 5) is 23.6. The Bertz CT molecular complexity index is 800. The number of nitrogens with zero attached hydrogens (tertiary/aromatic N) is 2. The Morgan fingerprint density at radius 2 is 2.13 bits per heavy atom. The van der Waals surface area contributed by atoms with E-state index in [1.165, 1.54) is 0 Å². The fourth-order valence-corrected chi connectivity index (χ4v) is 2.54. The van der Waals surface area contributed by atoms with Gasteiger partial charge in [-0.2, -0.15) is 5.26 Å². The number of hydrogen-bond acceptors (Lipinski definition) is 3. The Hall–Kier alpha value is -3.07. The molecule has 0 saturated heterocycles. The maximum absolute atomic E-state index is 12.2. The maximum atomic E-state index is 12.2. The standard InChI is InChI=1S/C17H17N3O3/c1-3-20-10-11(2)16(17(22)23)14(20)8-15(21)19-13-6-4-5-12(7-13)9-18/h4-7,10H,3,8H2,1-2H3,(H,19,21)(H,22,23). The van der Waals surface area contributed by atoms with Crippen LogP contribution in [-0.2, 0) is 17.8 Å². The Morgan fingerprint density at radius 1 is 1.39 bits per heavy atom. The number of rotatable bonds is 5. The SMILES string of the molecule is CCn1cc(C)c(C(=O)O)c1CC(=O)Nc1cccc(C#N)c1. The van der Waals surface area contributed by atoms with E-state index in [0.717, 1.165) is 0 Å². The summed E-state index contributed by atoms with van der Waals surface area (Å²) in [6.07, 6.45) is 1.70. The zero-order valence-corrected chi connectivity index (χ0v) is 13.0. The molecule has 6 heteroatoms. The number of carbonyl (C=O) groups is 2. The number of nitrogens with one attached hydrogen (secondary N) is 1. The fourth-order valence-electron chi connectivity index (χ4n) is 2.54. The number of benzene rings is 1. The van der Waals surface area contributed by atoms with Gasteiger partial charge in [0.1, 0.15) is 0 Å². The topological polar surface area (TPSA) is 95.1 Å². The van der Waals surface area contributed by atoms with Crippen molar-refractivity contribution in [3.63, 3.8) is 0 Å². The summed E-state index contributed by atoms with van der Waals surface area (Å²) in [6.45, 7) is 4.19. The Balaban J connectivity index is 2.23. The van der Waals surface area contributed by atoms with Crippen molar-refractivity contribution >= 4 is 17.6 Å². The maximum Gasteiger partial charge on any atom is 0.337 e. The number of carboxylic acids is 1. The first kappa shape index (κ1) is 16.3. The van der Waals surface area contributed by atoms with Crippen molar-refractivity contribution in [2.45, 2.75) is 26.8 Å². The van der Waals surface area contributed by atoms with Crippen LogP contribution in [0.4, 0.5) is 5.69 Å². The minimum absolute atomic E-state index is 0.0416. The highest BCUT2D eigenvalue weighted by Crippen LogP contribution is 2.19. The number of anilines is 1. The molecule has 0 aliphatic carbocycles. The van der Waals surface area contributed by atoms with Gasteiger partial charge < -0.3 is 15.0 Å². The van der Waals surface area contributed by atoms with Crippen LogP contribution in [-0.4, -0.2) is 21.6 Å². The number of hydrogen-bond donors (Lipinski definition) is 2. The van der Waals surface area contributed by atoms with E-state index in [1.54, 1.807) is 42.0 Å². The summed E-state index contributed by atoms with van der Waals surface area (Å²) in [5, 5.41) is 20.9. The third kappa shape index (κ3) is 3.58. The molecule has 1 heterocycles. The zero-order valence-electron chi connectivity index (χ0n) is 13.0. The molecule has 0 bridgehead atoms.